The Labute approximate surface area is 133 Å². The first-order chi connectivity index (χ1) is 10.4. The summed E-state index contributed by atoms with van der Waals surface area (Å²) in [5.41, 5.74) is 1.28. The molecule has 118 valence electrons. The molecule has 0 amide bonds. The lowest BCUT2D eigenvalue weighted by Gasteiger charge is -2.27. The third kappa shape index (κ3) is 2.47. The first-order valence-electron chi connectivity index (χ1n) is 6.76. The molecule has 0 N–H and O–H groups in total. The van der Waals surface area contributed by atoms with E-state index >= 15 is 0 Å². The van der Waals surface area contributed by atoms with Gasteiger partial charge >= 0.3 is 5.97 Å². The Morgan fingerprint density at radius 3 is 2.86 bits per heavy atom. The van der Waals surface area contributed by atoms with Crippen molar-refractivity contribution in [2.24, 2.45) is 0 Å². The number of rotatable bonds is 3. The monoisotopic (exact) mass is 340 g/mol. The maximum absolute atomic E-state index is 12.8. The van der Waals surface area contributed by atoms with E-state index in [4.69, 9.17) is 0 Å². The lowest BCUT2D eigenvalue weighted by atomic mass is 10.3. The van der Waals surface area contributed by atoms with E-state index in [1.807, 2.05) is 22.9 Å². The second-order valence-electron chi connectivity index (χ2n) is 5.06. The van der Waals surface area contributed by atoms with Crippen LogP contribution in [0.15, 0.2) is 28.6 Å². The second kappa shape index (κ2) is 5.53. The molecule has 0 saturated carbocycles. The average Bonchev–Trinajstić information content (AvgIpc) is 3.12. The number of carbonyl (C=O) groups excluding carboxylic acids is 1. The van der Waals surface area contributed by atoms with E-state index in [2.05, 4.69) is 4.74 Å². The standard InChI is InChI=1S/C14H16N2O4S2/c1-10-12(14(17)20-2)8-13(21-10)22(18,19)16-7-6-15-5-3-4-11(15)9-16/h3-5,8H,6-7,9H2,1-2H3. The molecular formula is C14H16N2O4S2. The highest BCUT2D eigenvalue weighted by molar-refractivity contribution is 7.91. The second-order valence-corrected chi connectivity index (χ2v) is 8.48. The van der Waals surface area contributed by atoms with Crippen molar-refractivity contribution < 1.29 is 17.9 Å². The van der Waals surface area contributed by atoms with Gasteiger partial charge in [-0.2, -0.15) is 4.31 Å². The summed E-state index contributed by atoms with van der Waals surface area (Å²) < 4.78 is 33.9. The van der Waals surface area contributed by atoms with Crippen molar-refractivity contribution in [1.29, 1.82) is 0 Å². The lowest BCUT2D eigenvalue weighted by Crippen LogP contribution is -2.37. The topological polar surface area (TPSA) is 68.6 Å². The summed E-state index contributed by atoms with van der Waals surface area (Å²) in [7, 11) is -2.31. The Bertz CT molecular complexity index is 820. The quantitative estimate of drug-likeness (QED) is 0.800. The van der Waals surface area contributed by atoms with Gasteiger partial charge in [0.05, 0.1) is 19.2 Å². The van der Waals surface area contributed by atoms with Gasteiger partial charge in [-0.15, -0.1) is 11.3 Å². The first kappa shape index (κ1) is 15.3. The molecule has 0 radical (unpaired) electrons. The summed E-state index contributed by atoms with van der Waals surface area (Å²) in [5, 5.41) is 0. The number of carbonyl (C=O) groups is 1. The van der Waals surface area contributed by atoms with E-state index in [0.717, 1.165) is 17.0 Å². The van der Waals surface area contributed by atoms with Crippen LogP contribution in [0.5, 0.6) is 0 Å². The summed E-state index contributed by atoms with van der Waals surface area (Å²) in [5.74, 6) is -0.511. The Kier molecular flexibility index (Phi) is 3.84. The van der Waals surface area contributed by atoms with Gasteiger partial charge in [0.2, 0.25) is 0 Å². The number of hydrogen-bond donors (Lipinski definition) is 0. The summed E-state index contributed by atoms with van der Waals surface area (Å²) >= 11 is 1.10. The fourth-order valence-electron chi connectivity index (χ4n) is 2.52. The van der Waals surface area contributed by atoms with Gasteiger partial charge in [0.25, 0.3) is 10.0 Å². The molecule has 3 heterocycles. The molecular weight excluding hydrogens is 324 g/mol. The van der Waals surface area contributed by atoms with Gasteiger partial charge in [0, 0.05) is 29.9 Å². The summed E-state index contributed by atoms with van der Waals surface area (Å²) in [6.45, 7) is 3.13. The van der Waals surface area contributed by atoms with Gasteiger partial charge in [-0.1, -0.05) is 0 Å². The van der Waals surface area contributed by atoms with Gasteiger partial charge in [0.15, 0.2) is 0 Å². The van der Waals surface area contributed by atoms with Crippen LogP contribution in [0.1, 0.15) is 20.9 Å². The molecule has 6 nitrogen and oxygen atoms in total. The molecule has 3 rings (SSSR count). The smallest absolute Gasteiger partial charge is 0.339 e. The van der Waals surface area contributed by atoms with Crippen LogP contribution < -0.4 is 0 Å². The molecule has 0 unspecified atom stereocenters. The number of ether oxygens (including phenoxy) is 1. The number of sulfonamides is 1. The van der Waals surface area contributed by atoms with E-state index in [1.54, 1.807) is 6.92 Å². The minimum Gasteiger partial charge on any atom is -0.465 e. The fraction of sp³-hybridized carbons (Fsp3) is 0.357. The zero-order chi connectivity index (χ0) is 15.9. The van der Waals surface area contributed by atoms with E-state index in [9.17, 15) is 13.2 Å². The number of hydrogen-bond acceptors (Lipinski definition) is 5. The highest BCUT2D eigenvalue weighted by Crippen LogP contribution is 2.30. The third-order valence-corrected chi connectivity index (χ3v) is 7.09. The van der Waals surface area contributed by atoms with Crippen LogP contribution in [0.4, 0.5) is 0 Å². The molecule has 0 aliphatic carbocycles. The van der Waals surface area contributed by atoms with Crippen molar-refractivity contribution >= 4 is 27.3 Å². The lowest BCUT2D eigenvalue weighted by molar-refractivity contribution is 0.0600. The molecule has 1 aliphatic rings. The summed E-state index contributed by atoms with van der Waals surface area (Å²) in [6.07, 6.45) is 1.95. The van der Waals surface area contributed by atoms with Crippen molar-refractivity contribution in [2.75, 3.05) is 13.7 Å². The maximum Gasteiger partial charge on any atom is 0.339 e. The van der Waals surface area contributed by atoms with Crippen molar-refractivity contribution in [3.8, 4) is 0 Å². The van der Waals surface area contributed by atoms with Crippen molar-refractivity contribution in [3.63, 3.8) is 0 Å². The van der Waals surface area contributed by atoms with Crippen LogP contribution in [-0.2, 0) is 27.8 Å². The number of aromatic nitrogens is 1. The van der Waals surface area contributed by atoms with E-state index in [0.29, 0.717) is 30.1 Å². The Morgan fingerprint density at radius 2 is 2.14 bits per heavy atom. The van der Waals surface area contributed by atoms with Gasteiger partial charge in [-0.3, -0.25) is 0 Å². The van der Waals surface area contributed by atoms with E-state index in [-0.39, 0.29) is 4.21 Å². The van der Waals surface area contributed by atoms with Gasteiger partial charge in [-0.05, 0) is 25.1 Å². The Balaban J connectivity index is 1.93. The first-order valence-corrected chi connectivity index (χ1v) is 9.02. The average molecular weight is 340 g/mol. The van der Waals surface area contributed by atoms with Crippen LogP contribution >= 0.6 is 11.3 Å². The minimum atomic E-state index is -3.60. The van der Waals surface area contributed by atoms with E-state index < -0.39 is 16.0 Å². The van der Waals surface area contributed by atoms with Gasteiger partial charge in [-0.25, -0.2) is 13.2 Å². The Hall–Kier alpha value is -1.64. The molecule has 22 heavy (non-hydrogen) atoms. The molecule has 0 aromatic carbocycles. The number of nitrogens with zero attached hydrogens (tertiary/aromatic N) is 2. The number of fused-ring (bicyclic) bond motifs is 1. The number of thiophene rings is 1. The maximum atomic E-state index is 12.8. The SMILES string of the molecule is COC(=O)c1cc(S(=O)(=O)N2CCn3cccc3C2)sc1C. The largest absolute Gasteiger partial charge is 0.465 e. The number of aryl methyl sites for hydroxylation is 1. The molecule has 2 aromatic rings. The molecule has 2 aromatic heterocycles. The van der Waals surface area contributed by atoms with Crippen molar-refractivity contribution in [1.82, 2.24) is 8.87 Å². The summed E-state index contributed by atoms with van der Waals surface area (Å²) in [6, 6.07) is 5.24. The van der Waals surface area contributed by atoms with Crippen LogP contribution in [-0.4, -0.2) is 36.9 Å². The highest BCUT2D eigenvalue weighted by atomic mass is 32.2. The van der Waals surface area contributed by atoms with Crippen molar-refractivity contribution in [3.05, 3.63) is 40.5 Å². The highest BCUT2D eigenvalue weighted by Gasteiger charge is 2.31. The van der Waals surface area contributed by atoms with Crippen LogP contribution in [0.2, 0.25) is 0 Å². The molecule has 8 heteroatoms. The van der Waals surface area contributed by atoms with Crippen LogP contribution in [0, 0.1) is 6.92 Å². The normalized spacial score (nSPS) is 15.5. The van der Waals surface area contributed by atoms with Gasteiger partial charge in [0.1, 0.15) is 4.21 Å². The molecule has 0 spiro atoms. The molecule has 0 saturated heterocycles. The fourth-order valence-corrected chi connectivity index (χ4v) is 5.51. The third-order valence-electron chi connectivity index (χ3n) is 3.75. The number of esters is 1. The zero-order valence-corrected chi connectivity index (χ0v) is 13.9. The zero-order valence-electron chi connectivity index (χ0n) is 12.3. The Morgan fingerprint density at radius 1 is 1.36 bits per heavy atom. The van der Waals surface area contributed by atoms with Crippen LogP contribution in [0.3, 0.4) is 0 Å². The predicted molar refractivity (Wildman–Crippen MR) is 82.4 cm³/mol. The van der Waals surface area contributed by atoms with Gasteiger partial charge < -0.3 is 9.30 Å². The molecule has 0 atom stereocenters. The number of methoxy groups -OCH3 is 1. The molecule has 0 bridgehead atoms. The van der Waals surface area contributed by atoms with Crippen molar-refractivity contribution in [2.45, 2.75) is 24.2 Å². The molecule has 0 fully saturated rings. The predicted octanol–water partition coefficient (Wildman–Crippen LogP) is 1.85. The molecule has 1 aliphatic heterocycles. The minimum absolute atomic E-state index is 0.186. The van der Waals surface area contributed by atoms with Crippen LogP contribution in [0.25, 0.3) is 0 Å². The van der Waals surface area contributed by atoms with E-state index in [1.165, 1.54) is 17.5 Å². The summed E-state index contributed by atoms with van der Waals surface area (Å²) in [4.78, 5) is 12.3.